The van der Waals surface area contributed by atoms with Crippen LogP contribution in [0.15, 0.2) is 0 Å². The maximum atomic E-state index is 9.30. The summed E-state index contributed by atoms with van der Waals surface area (Å²) in [5, 5.41) is 36.4. The van der Waals surface area contributed by atoms with E-state index < -0.39 is 22.6 Å². The molecule has 11 heavy (non-hydrogen) atoms. The first kappa shape index (κ1) is 9.45. The first-order valence-electron chi connectivity index (χ1n) is 3.39. The van der Waals surface area contributed by atoms with Crippen molar-refractivity contribution in [1.29, 1.82) is 0 Å². The van der Waals surface area contributed by atoms with Crippen LogP contribution in [0.25, 0.3) is 0 Å². The van der Waals surface area contributed by atoms with Crippen molar-refractivity contribution in [2.24, 2.45) is 0 Å². The van der Waals surface area contributed by atoms with Gasteiger partial charge in [0.25, 0.3) is 0 Å². The van der Waals surface area contributed by atoms with E-state index in [0.29, 0.717) is 0 Å². The van der Waals surface area contributed by atoms with Gasteiger partial charge in [0.1, 0.15) is 0 Å². The van der Waals surface area contributed by atoms with Crippen molar-refractivity contribution >= 4 is 16.0 Å². The average Bonchev–Trinajstić information content (AvgIpc) is 2.17. The Labute approximate surface area is 72.7 Å². The number of hydrogen-bond donors (Lipinski definition) is 4. The molecule has 5 heteroatoms. The van der Waals surface area contributed by atoms with Gasteiger partial charge < -0.3 is 0 Å². The van der Waals surface area contributed by atoms with Crippen LogP contribution in [0.3, 0.4) is 0 Å². The van der Waals surface area contributed by atoms with Crippen LogP contribution in [0.4, 0.5) is 0 Å². The molecule has 0 amide bonds. The van der Waals surface area contributed by atoms with Crippen molar-refractivity contribution in [2.45, 2.75) is 29.0 Å². The molecule has 0 aromatic rings. The zero-order valence-electron chi connectivity index (χ0n) is 5.88. The summed E-state index contributed by atoms with van der Waals surface area (Å²) in [7, 11) is 0. The Morgan fingerprint density at radius 1 is 1.36 bits per heavy atom. The molecule has 1 aliphatic carbocycles. The van der Waals surface area contributed by atoms with Gasteiger partial charge in [-0.25, -0.2) is 0 Å². The van der Waals surface area contributed by atoms with Gasteiger partial charge in [0.05, 0.1) is 0 Å². The van der Waals surface area contributed by atoms with Gasteiger partial charge in [-0.3, -0.25) is 0 Å². The molecule has 4 atom stereocenters. The molecule has 0 radical (unpaired) electrons. The fourth-order valence-corrected chi connectivity index (χ4v) is 2.00. The Bertz CT molecular complexity index is 154. The molecule has 0 aliphatic heterocycles. The fourth-order valence-electron chi connectivity index (χ4n) is 1.29. The number of aliphatic hydroxyl groups is 4. The third-order valence-corrected chi connectivity index (χ3v) is 3.34. The molecule has 0 saturated heterocycles. The predicted molar refractivity (Wildman–Crippen MR) is 39.6 cm³/mol. The molecule has 0 heterocycles. The maximum absolute atomic E-state index is 9.30. The van der Waals surface area contributed by atoms with E-state index in [0.717, 1.165) is 0 Å². The quantitative estimate of drug-likeness (QED) is 0.374. The van der Waals surface area contributed by atoms with E-state index in [2.05, 4.69) is 16.0 Å². The molecule has 1 fully saturated rings. The summed E-state index contributed by atoms with van der Waals surface area (Å²) in [6.07, 6.45) is -2.90. The summed E-state index contributed by atoms with van der Waals surface area (Å²) in [6, 6.07) is 0. The second-order valence-electron chi connectivity index (χ2n) is 2.97. The molecule has 0 bridgehead atoms. The van der Waals surface area contributed by atoms with Crippen molar-refractivity contribution in [3.63, 3.8) is 0 Å². The Hall–Kier alpha value is 0.359. The Morgan fingerprint density at radius 2 is 1.91 bits per heavy atom. The van der Waals surface area contributed by atoms with Crippen LogP contribution in [0, 0.1) is 0 Å². The molecule has 66 valence electrons. The Morgan fingerprint density at radius 3 is 2.09 bits per heavy atom. The Balaban J connectivity index is 2.73. The summed E-state index contributed by atoms with van der Waals surface area (Å²) in [4.78, 5) is 0. The fraction of sp³-hybridized carbons (Fsp3) is 1.00. The van der Waals surface area contributed by atoms with E-state index in [1.807, 2.05) is 0 Å². The zero-order valence-corrected chi connectivity index (χ0v) is 7.76. The van der Waals surface area contributed by atoms with E-state index in [1.54, 1.807) is 0 Å². The van der Waals surface area contributed by atoms with Gasteiger partial charge in [0.2, 0.25) is 0 Å². The third kappa shape index (κ3) is 1.45. The molecule has 0 aromatic carbocycles. The normalized spacial score (nSPS) is 51.5. The molecule has 0 unspecified atom stereocenters. The van der Waals surface area contributed by atoms with Gasteiger partial charge >= 0.3 is 72.1 Å². The minimum atomic E-state index is -1.13. The minimum absolute atomic E-state index is 0.214. The van der Waals surface area contributed by atoms with Gasteiger partial charge in [0.15, 0.2) is 0 Å². The van der Waals surface area contributed by atoms with E-state index >= 15 is 0 Å². The number of hydrogen-bond acceptors (Lipinski definition) is 4. The first-order valence-corrected chi connectivity index (χ1v) is 4.32. The molecular weight excluding hydrogens is 215 g/mol. The molecule has 0 aromatic heterocycles. The molecule has 0 spiro atoms. The average molecular weight is 227 g/mol. The van der Waals surface area contributed by atoms with Gasteiger partial charge in [-0.2, -0.15) is 0 Å². The summed E-state index contributed by atoms with van der Waals surface area (Å²) in [5.74, 6) is 0. The van der Waals surface area contributed by atoms with Crippen LogP contribution in [0.5, 0.6) is 0 Å². The topological polar surface area (TPSA) is 80.9 Å². The van der Waals surface area contributed by atoms with Gasteiger partial charge in [-0.15, -0.1) is 0 Å². The monoisotopic (exact) mass is 228 g/mol. The van der Waals surface area contributed by atoms with Crippen LogP contribution in [0.2, 0.25) is 4.31 Å². The van der Waals surface area contributed by atoms with Gasteiger partial charge in [0, 0.05) is 0 Å². The summed E-state index contributed by atoms with van der Waals surface area (Å²) in [6.45, 7) is -0.248. The molecule has 1 saturated carbocycles. The van der Waals surface area contributed by atoms with E-state index in [4.69, 9.17) is 15.3 Å². The summed E-state index contributed by atoms with van der Waals surface area (Å²) < 4.78 is -0.814. The molecular formula is C6H12O4Se. The number of aliphatic hydroxyl groups excluding tert-OH is 4. The Kier molecular flexibility index (Phi) is 2.59. The van der Waals surface area contributed by atoms with Crippen LogP contribution in [-0.2, 0) is 0 Å². The van der Waals surface area contributed by atoms with Crippen LogP contribution in [-0.4, -0.2) is 61.4 Å². The number of rotatable bonds is 1. The standard InChI is InChI=1S/C6H12O4Se/c7-2-6(11)1-3(8)4(9)5(6)10/h3-5,7-11H,1-2H2/t3-,4+,5-,6+/m1/s1. The summed E-state index contributed by atoms with van der Waals surface area (Å²) in [5.41, 5.74) is 0. The molecule has 1 aliphatic rings. The zero-order chi connectivity index (χ0) is 8.65. The van der Waals surface area contributed by atoms with Crippen LogP contribution in [0.1, 0.15) is 6.42 Å². The van der Waals surface area contributed by atoms with Crippen molar-refractivity contribution in [2.75, 3.05) is 6.61 Å². The van der Waals surface area contributed by atoms with Gasteiger partial charge in [-0.05, 0) is 0 Å². The van der Waals surface area contributed by atoms with Crippen molar-refractivity contribution in [3.8, 4) is 0 Å². The van der Waals surface area contributed by atoms with Crippen LogP contribution < -0.4 is 0 Å². The molecule has 4 N–H and O–H groups in total. The van der Waals surface area contributed by atoms with E-state index in [1.165, 1.54) is 0 Å². The summed E-state index contributed by atoms with van der Waals surface area (Å²) >= 11 is 2.11. The van der Waals surface area contributed by atoms with E-state index in [-0.39, 0.29) is 13.0 Å². The second-order valence-corrected chi connectivity index (χ2v) is 4.84. The van der Waals surface area contributed by atoms with Crippen molar-refractivity contribution in [1.82, 2.24) is 0 Å². The molecule has 1 rings (SSSR count). The molecule has 4 nitrogen and oxygen atoms in total. The third-order valence-electron chi connectivity index (χ3n) is 2.10. The van der Waals surface area contributed by atoms with Crippen molar-refractivity contribution < 1.29 is 20.4 Å². The van der Waals surface area contributed by atoms with Crippen molar-refractivity contribution in [3.05, 3.63) is 0 Å². The second kappa shape index (κ2) is 3.01. The van der Waals surface area contributed by atoms with Gasteiger partial charge in [-0.1, -0.05) is 0 Å². The SMILES string of the molecule is OC[C@@]1([SeH])C[C@@H](O)[C@H](O)[C@H]1O. The first-order chi connectivity index (χ1) is 5.01. The van der Waals surface area contributed by atoms with E-state index in [9.17, 15) is 5.11 Å². The van der Waals surface area contributed by atoms with Crippen LogP contribution >= 0.6 is 0 Å². The predicted octanol–water partition coefficient (Wildman–Crippen LogP) is -2.48.